The lowest BCUT2D eigenvalue weighted by Gasteiger charge is -2.26. The molecular formula is C14H20F4N2. The summed E-state index contributed by atoms with van der Waals surface area (Å²) in [4.78, 5) is 0.898. The molecule has 0 fully saturated rings. The molecule has 0 aliphatic heterocycles. The van der Waals surface area contributed by atoms with E-state index < -0.39 is 18.5 Å². The molecular weight excluding hydrogens is 272 g/mol. The molecule has 0 aliphatic rings. The van der Waals surface area contributed by atoms with Gasteiger partial charge in [-0.25, -0.2) is 4.39 Å². The molecule has 0 saturated carbocycles. The van der Waals surface area contributed by atoms with Crippen LogP contribution < -0.4 is 10.2 Å². The van der Waals surface area contributed by atoms with Gasteiger partial charge in [-0.2, -0.15) is 13.2 Å². The first kappa shape index (κ1) is 16.8. The first-order valence-electron chi connectivity index (χ1n) is 6.30. The van der Waals surface area contributed by atoms with Crippen LogP contribution in [0.4, 0.5) is 23.2 Å². The highest BCUT2D eigenvalue weighted by Crippen LogP contribution is 2.27. The molecule has 0 bridgehead atoms. The lowest BCUT2D eigenvalue weighted by molar-refractivity contribution is -0.119. The molecule has 0 atom stereocenters. The second kappa shape index (κ2) is 5.99. The van der Waals surface area contributed by atoms with E-state index in [-0.39, 0.29) is 11.2 Å². The number of rotatable bonds is 4. The van der Waals surface area contributed by atoms with E-state index in [2.05, 4.69) is 5.32 Å². The van der Waals surface area contributed by atoms with Gasteiger partial charge < -0.3 is 10.2 Å². The van der Waals surface area contributed by atoms with Crippen molar-refractivity contribution >= 4 is 5.69 Å². The minimum Gasteiger partial charge on any atom is -0.363 e. The summed E-state index contributed by atoms with van der Waals surface area (Å²) in [7, 11) is 1.24. The summed E-state index contributed by atoms with van der Waals surface area (Å²) in [5.74, 6) is -0.648. The van der Waals surface area contributed by atoms with Crippen LogP contribution in [-0.2, 0) is 6.54 Å². The SMILES string of the molecule is CN(CC(F)(F)F)c1c(F)cccc1CNC(C)(C)C. The quantitative estimate of drug-likeness (QED) is 0.851. The van der Waals surface area contributed by atoms with Crippen LogP contribution in [0.5, 0.6) is 0 Å². The lowest BCUT2D eigenvalue weighted by Crippen LogP contribution is -2.36. The van der Waals surface area contributed by atoms with Crippen molar-refractivity contribution in [2.45, 2.75) is 39.0 Å². The Balaban J connectivity index is 2.99. The van der Waals surface area contributed by atoms with E-state index in [0.29, 0.717) is 12.1 Å². The van der Waals surface area contributed by atoms with Crippen LogP contribution in [0.25, 0.3) is 0 Å². The monoisotopic (exact) mass is 292 g/mol. The fraction of sp³-hybridized carbons (Fsp3) is 0.571. The lowest BCUT2D eigenvalue weighted by atomic mass is 10.1. The Kier molecular flexibility index (Phi) is 5.02. The second-order valence-corrected chi connectivity index (χ2v) is 5.82. The van der Waals surface area contributed by atoms with Crippen LogP contribution in [0.1, 0.15) is 26.3 Å². The Bertz CT molecular complexity index is 449. The van der Waals surface area contributed by atoms with Crippen molar-refractivity contribution < 1.29 is 17.6 Å². The number of nitrogens with one attached hydrogen (secondary N) is 1. The molecule has 1 aromatic carbocycles. The van der Waals surface area contributed by atoms with E-state index >= 15 is 0 Å². The third kappa shape index (κ3) is 5.36. The zero-order valence-corrected chi connectivity index (χ0v) is 12.1. The van der Waals surface area contributed by atoms with Crippen LogP contribution >= 0.6 is 0 Å². The van der Waals surface area contributed by atoms with E-state index in [9.17, 15) is 17.6 Å². The summed E-state index contributed by atoms with van der Waals surface area (Å²) in [5.41, 5.74) is 0.292. The minimum atomic E-state index is -4.37. The summed E-state index contributed by atoms with van der Waals surface area (Å²) in [6.07, 6.45) is -4.37. The minimum absolute atomic E-state index is 0.0124. The average Bonchev–Trinajstić information content (AvgIpc) is 2.22. The van der Waals surface area contributed by atoms with E-state index in [1.165, 1.54) is 19.2 Å². The van der Waals surface area contributed by atoms with Crippen molar-refractivity contribution in [2.75, 3.05) is 18.5 Å². The van der Waals surface area contributed by atoms with Gasteiger partial charge in [-0.3, -0.25) is 0 Å². The topological polar surface area (TPSA) is 15.3 Å². The van der Waals surface area contributed by atoms with Crippen LogP contribution in [0.3, 0.4) is 0 Å². The number of anilines is 1. The van der Waals surface area contributed by atoms with Crippen molar-refractivity contribution in [1.82, 2.24) is 5.32 Å². The van der Waals surface area contributed by atoms with Gasteiger partial charge >= 0.3 is 6.18 Å². The first-order chi connectivity index (χ1) is 8.99. The van der Waals surface area contributed by atoms with E-state index in [1.54, 1.807) is 6.07 Å². The first-order valence-corrected chi connectivity index (χ1v) is 6.30. The van der Waals surface area contributed by atoms with Crippen molar-refractivity contribution in [3.05, 3.63) is 29.6 Å². The van der Waals surface area contributed by atoms with Gasteiger partial charge in [-0.1, -0.05) is 12.1 Å². The molecule has 114 valence electrons. The molecule has 0 aromatic heterocycles. The average molecular weight is 292 g/mol. The Hall–Kier alpha value is -1.30. The van der Waals surface area contributed by atoms with Crippen LogP contribution in [-0.4, -0.2) is 25.3 Å². The van der Waals surface area contributed by atoms with E-state index in [0.717, 1.165) is 4.90 Å². The molecule has 1 rings (SSSR count). The zero-order valence-electron chi connectivity index (χ0n) is 12.1. The van der Waals surface area contributed by atoms with Gasteiger partial charge in [0, 0.05) is 19.1 Å². The molecule has 20 heavy (non-hydrogen) atoms. The highest BCUT2D eigenvalue weighted by atomic mass is 19.4. The smallest absolute Gasteiger partial charge is 0.363 e. The fourth-order valence-corrected chi connectivity index (χ4v) is 1.84. The van der Waals surface area contributed by atoms with Gasteiger partial charge in [0.15, 0.2) is 0 Å². The predicted molar refractivity (Wildman–Crippen MR) is 72.3 cm³/mol. The summed E-state index contributed by atoms with van der Waals surface area (Å²) in [5, 5.41) is 3.15. The molecule has 0 aliphatic carbocycles. The molecule has 0 saturated heterocycles. The molecule has 0 heterocycles. The van der Waals surface area contributed by atoms with Crippen molar-refractivity contribution in [3.63, 3.8) is 0 Å². The van der Waals surface area contributed by atoms with Gasteiger partial charge in [-0.05, 0) is 32.4 Å². The molecule has 2 nitrogen and oxygen atoms in total. The number of para-hydroxylation sites is 1. The van der Waals surface area contributed by atoms with Crippen LogP contribution in [0, 0.1) is 5.82 Å². The maximum atomic E-state index is 13.9. The second-order valence-electron chi connectivity index (χ2n) is 5.82. The molecule has 0 radical (unpaired) electrons. The standard InChI is InChI=1S/C14H20F4N2/c1-13(2,3)19-8-10-6-5-7-11(15)12(10)20(4)9-14(16,17)18/h5-7,19H,8-9H2,1-4H3. The number of benzene rings is 1. The van der Waals surface area contributed by atoms with E-state index in [1.807, 2.05) is 20.8 Å². The van der Waals surface area contributed by atoms with E-state index in [4.69, 9.17) is 0 Å². The number of alkyl halides is 3. The molecule has 0 spiro atoms. The largest absolute Gasteiger partial charge is 0.405 e. The van der Waals surface area contributed by atoms with Crippen LogP contribution in [0.2, 0.25) is 0 Å². The summed E-state index contributed by atoms with van der Waals surface area (Å²) in [6, 6.07) is 4.30. The molecule has 6 heteroatoms. The molecule has 1 N–H and O–H groups in total. The fourth-order valence-electron chi connectivity index (χ4n) is 1.84. The van der Waals surface area contributed by atoms with Crippen molar-refractivity contribution in [1.29, 1.82) is 0 Å². The van der Waals surface area contributed by atoms with Gasteiger partial charge in [0.1, 0.15) is 12.4 Å². The Labute approximate surface area is 116 Å². The third-order valence-electron chi connectivity index (χ3n) is 2.68. The van der Waals surface area contributed by atoms with Crippen molar-refractivity contribution in [3.8, 4) is 0 Å². The highest BCUT2D eigenvalue weighted by molar-refractivity contribution is 5.54. The number of halogens is 4. The summed E-state index contributed by atoms with van der Waals surface area (Å²) < 4.78 is 51.2. The zero-order chi connectivity index (χ0) is 15.6. The van der Waals surface area contributed by atoms with Gasteiger partial charge in [0.05, 0.1) is 5.69 Å². The third-order valence-corrected chi connectivity index (χ3v) is 2.68. The van der Waals surface area contributed by atoms with Crippen molar-refractivity contribution in [2.24, 2.45) is 0 Å². The normalized spacial score (nSPS) is 12.6. The van der Waals surface area contributed by atoms with Gasteiger partial charge in [0.2, 0.25) is 0 Å². The highest BCUT2D eigenvalue weighted by Gasteiger charge is 2.31. The Morgan fingerprint density at radius 3 is 2.25 bits per heavy atom. The Morgan fingerprint density at radius 1 is 1.15 bits per heavy atom. The summed E-state index contributed by atoms with van der Waals surface area (Å²) >= 11 is 0. The maximum Gasteiger partial charge on any atom is 0.405 e. The number of nitrogens with zero attached hydrogens (tertiary/aromatic N) is 1. The molecule has 0 amide bonds. The van der Waals surface area contributed by atoms with Crippen LogP contribution in [0.15, 0.2) is 18.2 Å². The van der Waals surface area contributed by atoms with Gasteiger partial charge in [-0.15, -0.1) is 0 Å². The molecule has 0 unspecified atom stereocenters. The predicted octanol–water partition coefficient (Wildman–Crippen LogP) is 3.71. The molecule has 1 aromatic rings. The maximum absolute atomic E-state index is 13.9. The number of hydrogen-bond acceptors (Lipinski definition) is 2. The Morgan fingerprint density at radius 2 is 1.75 bits per heavy atom. The summed E-state index contributed by atoms with van der Waals surface area (Å²) in [6.45, 7) is 4.93. The van der Waals surface area contributed by atoms with Gasteiger partial charge in [0.25, 0.3) is 0 Å². The number of hydrogen-bond donors (Lipinski definition) is 1.